The molecule has 0 heterocycles. The summed E-state index contributed by atoms with van der Waals surface area (Å²) in [6.07, 6.45) is 1.21. The molecule has 0 saturated carbocycles. The summed E-state index contributed by atoms with van der Waals surface area (Å²) >= 11 is 0. The van der Waals surface area contributed by atoms with Crippen LogP contribution in [-0.4, -0.2) is 18.9 Å². The van der Waals surface area contributed by atoms with Crippen molar-refractivity contribution in [2.24, 2.45) is 16.8 Å². The smallest absolute Gasteiger partial charge is 0.0930 e. The molecule has 2 unspecified atom stereocenters. The van der Waals surface area contributed by atoms with E-state index in [1.54, 1.807) is 0 Å². The Morgan fingerprint density at radius 2 is 1.77 bits per heavy atom. The van der Waals surface area contributed by atoms with Gasteiger partial charge in [0.05, 0.1) is 5.84 Å². The molecule has 0 saturated heterocycles. The second-order valence-electron chi connectivity index (χ2n) is 4.31. The maximum atomic E-state index is 4.09. The highest BCUT2D eigenvalue weighted by atomic mass is 15.0. The number of aliphatic imine (C=N–C) groups is 1. The number of amidine groups is 1. The maximum absolute atomic E-state index is 4.09. The average Bonchev–Trinajstić information content (AvgIpc) is 2.03. The lowest BCUT2D eigenvalue weighted by molar-refractivity contribution is 0.358. The van der Waals surface area contributed by atoms with E-state index in [0.717, 1.165) is 17.7 Å². The Labute approximate surface area is 82.8 Å². The Morgan fingerprint density at radius 3 is 2.15 bits per heavy atom. The molecule has 13 heavy (non-hydrogen) atoms. The van der Waals surface area contributed by atoms with E-state index < -0.39 is 0 Å². The Bertz CT molecular complexity index is 161. The SMILES string of the molecule is CN=C(C)NC(C)CC(C)C(C)C. The van der Waals surface area contributed by atoms with Crippen LogP contribution in [-0.2, 0) is 0 Å². The lowest BCUT2D eigenvalue weighted by atomic mass is 9.92. The van der Waals surface area contributed by atoms with Crippen LogP contribution in [0.2, 0.25) is 0 Å². The fourth-order valence-corrected chi connectivity index (χ4v) is 1.31. The van der Waals surface area contributed by atoms with Crippen molar-refractivity contribution in [3.8, 4) is 0 Å². The molecule has 1 N–H and O–H groups in total. The summed E-state index contributed by atoms with van der Waals surface area (Å²) in [5, 5.41) is 3.37. The predicted octanol–water partition coefficient (Wildman–Crippen LogP) is 2.69. The standard InChI is InChI=1S/C11H24N2/c1-8(2)9(3)7-10(4)13-11(5)12-6/h8-10H,7H2,1-6H3,(H,12,13). The molecule has 2 heteroatoms. The van der Waals surface area contributed by atoms with Crippen LogP contribution in [0, 0.1) is 11.8 Å². The third-order valence-electron chi connectivity index (χ3n) is 2.65. The molecular weight excluding hydrogens is 160 g/mol. The van der Waals surface area contributed by atoms with Gasteiger partial charge in [-0.25, -0.2) is 0 Å². The first-order valence-electron chi connectivity index (χ1n) is 5.17. The summed E-state index contributed by atoms with van der Waals surface area (Å²) in [6, 6.07) is 0.529. The van der Waals surface area contributed by atoms with E-state index in [4.69, 9.17) is 0 Å². The summed E-state index contributed by atoms with van der Waals surface area (Å²) in [5.41, 5.74) is 0. The topological polar surface area (TPSA) is 24.4 Å². The second kappa shape index (κ2) is 6.01. The largest absolute Gasteiger partial charge is 0.372 e. The molecule has 2 nitrogen and oxygen atoms in total. The molecule has 0 fully saturated rings. The quantitative estimate of drug-likeness (QED) is 0.527. The molecule has 0 aliphatic rings. The zero-order chi connectivity index (χ0) is 10.4. The van der Waals surface area contributed by atoms with Crippen LogP contribution < -0.4 is 5.32 Å². The molecule has 0 aromatic heterocycles. The van der Waals surface area contributed by atoms with E-state index in [-0.39, 0.29) is 0 Å². The van der Waals surface area contributed by atoms with Crippen LogP contribution >= 0.6 is 0 Å². The number of rotatable bonds is 4. The van der Waals surface area contributed by atoms with Crippen LogP contribution in [0.25, 0.3) is 0 Å². The maximum Gasteiger partial charge on any atom is 0.0930 e. The van der Waals surface area contributed by atoms with Crippen molar-refractivity contribution in [3.63, 3.8) is 0 Å². The number of nitrogens with zero attached hydrogens (tertiary/aromatic N) is 1. The molecule has 0 aromatic rings. The van der Waals surface area contributed by atoms with Gasteiger partial charge in [0, 0.05) is 13.1 Å². The summed E-state index contributed by atoms with van der Waals surface area (Å²) in [4.78, 5) is 4.09. The minimum atomic E-state index is 0.529. The molecule has 2 atom stereocenters. The molecule has 0 amide bonds. The molecule has 0 aliphatic carbocycles. The monoisotopic (exact) mass is 184 g/mol. The molecule has 0 aromatic carbocycles. The summed E-state index contributed by atoms with van der Waals surface area (Å²) < 4.78 is 0. The van der Waals surface area contributed by atoms with Gasteiger partial charge in [-0.15, -0.1) is 0 Å². The Balaban J connectivity index is 3.80. The van der Waals surface area contributed by atoms with Crippen LogP contribution in [0.4, 0.5) is 0 Å². The zero-order valence-corrected chi connectivity index (χ0v) is 9.89. The first-order valence-corrected chi connectivity index (χ1v) is 5.17. The van der Waals surface area contributed by atoms with E-state index in [0.29, 0.717) is 6.04 Å². The Morgan fingerprint density at radius 1 is 1.23 bits per heavy atom. The fraction of sp³-hybridized carbons (Fsp3) is 0.909. The van der Waals surface area contributed by atoms with Gasteiger partial charge in [0.2, 0.25) is 0 Å². The summed E-state index contributed by atoms with van der Waals surface area (Å²) in [5.74, 6) is 2.57. The van der Waals surface area contributed by atoms with Crippen molar-refractivity contribution >= 4 is 5.84 Å². The van der Waals surface area contributed by atoms with Crippen molar-refractivity contribution in [1.29, 1.82) is 0 Å². The van der Waals surface area contributed by atoms with Gasteiger partial charge in [0.25, 0.3) is 0 Å². The first kappa shape index (κ1) is 12.5. The lowest BCUT2D eigenvalue weighted by Gasteiger charge is -2.21. The summed E-state index contributed by atoms with van der Waals surface area (Å²) in [7, 11) is 1.82. The molecule has 0 bridgehead atoms. The Hall–Kier alpha value is -0.530. The van der Waals surface area contributed by atoms with E-state index >= 15 is 0 Å². The first-order chi connectivity index (χ1) is 5.97. The average molecular weight is 184 g/mol. The minimum absolute atomic E-state index is 0.529. The molecule has 0 radical (unpaired) electrons. The van der Waals surface area contributed by atoms with Crippen LogP contribution in [0.1, 0.15) is 41.0 Å². The van der Waals surface area contributed by atoms with Gasteiger partial charge in [0.15, 0.2) is 0 Å². The number of nitrogens with one attached hydrogen (secondary N) is 1. The van der Waals surface area contributed by atoms with Crippen LogP contribution in [0.15, 0.2) is 4.99 Å². The van der Waals surface area contributed by atoms with Gasteiger partial charge >= 0.3 is 0 Å². The second-order valence-corrected chi connectivity index (χ2v) is 4.31. The van der Waals surface area contributed by atoms with Crippen LogP contribution in [0.5, 0.6) is 0 Å². The fourth-order valence-electron chi connectivity index (χ4n) is 1.31. The normalized spacial score (nSPS) is 17.3. The summed E-state index contributed by atoms with van der Waals surface area (Å²) in [6.45, 7) is 11.1. The van der Waals surface area contributed by atoms with E-state index in [2.05, 4.69) is 38.0 Å². The highest BCUT2D eigenvalue weighted by molar-refractivity contribution is 5.79. The van der Waals surface area contributed by atoms with Gasteiger partial charge in [-0.05, 0) is 32.1 Å². The molecule has 0 spiro atoms. The molecule has 0 rings (SSSR count). The van der Waals surface area contributed by atoms with Gasteiger partial charge in [-0.1, -0.05) is 20.8 Å². The lowest BCUT2D eigenvalue weighted by Crippen LogP contribution is -2.32. The highest BCUT2D eigenvalue weighted by Gasteiger charge is 2.11. The highest BCUT2D eigenvalue weighted by Crippen LogP contribution is 2.15. The molecular formula is C11H24N2. The third kappa shape index (κ3) is 5.67. The van der Waals surface area contributed by atoms with Crippen molar-refractivity contribution in [2.75, 3.05) is 7.05 Å². The van der Waals surface area contributed by atoms with E-state index in [9.17, 15) is 0 Å². The third-order valence-corrected chi connectivity index (χ3v) is 2.65. The van der Waals surface area contributed by atoms with Crippen molar-refractivity contribution in [2.45, 2.75) is 47.1 Å². The van der Waals surface area contributed by atoms with Gasteiger partial charge < -0.3 is 5.32 Å². The van der Waals surface area contributed by atoms with E-state index in [1.807, 2.05) is 14.0 Å². The molecule has 0 aliphatic heterocycles. The van der Waals surface area contributed by atoms with Gasteiger partial charge in [-0.2, -0.15) is 0 Å². The van der Waals surface area contributed by atoms with Crippen molar-refractivity contribution in [1.82, 2.24) is 5.32 Å². The van der Waals surface area contributed by atoms with E-state index in [1.165, 1.54) is 6.42 Å². The van der Waals surface area contributed by atoms with Gasteiger partial charge in [0.1, 0.15) is 0 Å². The van der Waals surface area contributed by atoms with Gasteiger partial charge in [-0.3, -0.25) is 4.99 Å². The predicted molar refractivity (Wildman–Crippen MR) is 60.2 cm³/mol. The van der Waals surface area contributed by atoms with Crippen molar-refractivity contribution < 1.29 is 0 Å². The zero-order valence-electron chi connectivity index (χ0n) is 9.89. The Kier molecular flexibility index (Phi) is 5.76. The minimum Gasteiger partial charge on any atom is -0.372 e. The van der Waals surface area contributed by atoms with Crippen molar-refractivity contribution in [3.05, 3.63) is 0 Å². The van der Waals surface area contributed by atoms with Crippen LogP contribution in [0.3, 0.4) is 0 Å². The number of hydrogen-bond donors (Lipinski definition) is 1. The number of hydrogen-bond acceptors (Lipinski definition) is 1. The molecule has 78 valence electrons.